The molecule has 148 valence electrons. The minimum Gasteiger partial charge on any atom is -0.490 e. The van der Waals surface area contributed by atoms with Gasteiger partial charge in [-0.1, -0.05) is 78.1 Å². The second kappa shape index (κ2) is 14.6. The van der Waals surface area contributed by atoms with E-state index in [2.05, 4.69) is 13.8 Å². The van der Waals surface area contributed by atoms with Crippen LogP contribution in [-0.2, 0) is 0 Å². The molecule has 0 bridgehead atoms. The Morgan fingerprint density at radius 2 is 1.35 bits per heavy atom. The molecule has 1 aromatic rings. The lowest BCUT2D eigenvalue weighted by atomic mass is 10.0. The van der Waals surface area contributed by atoms with Crippen LogP contribution < -0.4 is 4.74 Å². The van der Waals surface area contributed by atoms with E-state index < -0.39 is 5.97 Å². The van der Waals surface area contributed by atoms with Gasteiger partial charge < -0.3 is 9.84 Å². The maximum Gasteiger partial charge on any atom is 0.335 e. The Morgan fingerprint density at radius 1 is 0.846 bits per heavy atom. The van der Waals surface area contributed by atoms with Crippen molar-refractivity contribution in [2.45, 2.75) is 103 Å². The topological polar surface area (TPSA) is 46.5 Å². The third-order valence-electron chi connectivity index (χ3n) is 4.99. The summed E-state index contributed by atoms with van der Waals surface area (Å²) in [5, 5.41) is 8.93. The van der Waals surface area contributed by atoms with Gasteiger partial charge in [0, 0.05) is 0 Å². The molecule has 0 radical (unpaired) electrons. The summed E-state index contributed by atoms with van der Waals surface area (Å²) in [5.74, 6) is -0.130. The van der Waals surface area contributed by atoms with Crippen molar-refractivity contribution in [1.82, 2.24) is 0 Å². The van der Waals surface area contributed by atoms with Crippen LogP contribution in [0.3, 0.4) is 0 Å². The maximum atomic E-state index is 10.9. The second-order valence-corrected chi connectivity index (χ2v) is 7.30. The first-order valence-corrected chi connectivity index (χ1v) is 10.7. The molecule has 0 spiro atoms. The van der Waals surface area contributed by atoms with E-state index in [-0.39, 0.29) is 6.10 Å². The van der Waals surface area contributed by atoms with Crippen LogP contribution in [0.15, 0.2) is 24.3 Å². The third kappa shape index (κ3) is 10.5. The van der Waals surface area contributed by atoms with Gasteiger partial charge in [-0.15, -0.1) is 0 Å². The van der Waals surface area contributed by atoms with Gasteiger partial charge in [0.15, 0.2) is 0 Å². The average Bonchev–Trinajstić information content (AvgIpc) is 2.65. The minimum atomic E-state index is -0.899. The van der Waals surface area contributed by atoms with Gasteiger partial charge in [0.1, 0.15) is 5.75 Å². The molecule has 0 aliphatic carbocycles. The summed E-state index contributed by atoms with van der Waals surface area (Å²) < 4.78 is 6.00. The predicted molar refractivity (Wildman–Crippen MR) is 109 cm³/mol. The fraction of sp³-hybridized carbons (Fsp3) is 0.696. The van der Waals surface area contributed by atoms with Crippen LogP contribution >= 0.6 is 0 Å². The van der Waals surface area contributed by atoms with Crippen molar-refractivity contribution in [2.75, 3.05) is 0 Å². The molecule has 3 heteroatoms. The highest BCUT2D eigenvalue weighted by Crippen LogP contribution is 2.19. The molecular formula is C23H38O3. The Morgan fingerprint density at radius 3 is 1.81 bits per heavy atom. The number of aromatic carboxylic acids is 1. The first kappa shape index (κ1) is 22.5. The Hall–Kier alpha value is -1.51. The number of carbonyl (C=O) groups is 1. The highest BCUT2D eigenvalue weighted by molar-refractivity contribution is 5.87. The fourth-order valence-electron chi connectivity index (χ4n) is 3.25. The minimum absolute atomic E-state index is 0.226. The lowest BCUT2D eigenvalue weighted by Gasteiger charge is -2.17. The number of unbranched alkanes of at least 4 members (excludes halogenated alkanes) is 10. The SMILES string of the molecule is CCCCCCCCCCCCCC(CC)Oc1ccc(C(=O)O)cc1. The molecule has 0 fully saturated rings. The van der Waals surface area contributed by atoms with Crippen molar-refractivity contribution >= 4 is 5.97 Å². The number of carboxylic acid groups (broad SMARTS) is 1. The van der Waals surface area contributed by atoms with Crippen molar-refractivity contribution in [1.29, 1.82) is 0 Å². The van der Waals surface area contributed by atoms with Crippen molar-refractivity contribution in [3.05, 3.63) is 29.8 Å². The highest BCUT2D eigenvalue weighted by Gasteiger charge is 2.09. The Bertz CT molecular complexity index is 467. The van der Waals surface area contributed by atoms with E-state index in [1.807, 2.05) is 0 Å². The molecule has 0 heterocycles. The molecule has 3 nitrogen and oxygen atoms in total. The standard InChI is InChI=1S/C23H38O3/c1-3-5-6-7-8-9-10-11-12-13-14-15-21(4-2)26-22-18-16-20(17-19-22)23(24)25/h16-19,21H,3-15H2,1-2H3,(H,24,25). The van der Waals surface area contributed by atoms with Crippen LogP contribution in [-0.4, -0.2) is 17.2 Å². The Labute approximate surface area is 160 Å². The summed E-state index contributed by atoms with van der Waals surface area (Å²) in [6.45, 7) is 4.41. The van der Waals surface area contributed by atoms with Crippen molar-refractivity contribution in [3.8, 4) is 5.75 Å². The van der Waals surface area contributed by atoms with E-state index in [0.29, 0.717) is 5.56 Å². The molecule has 0 aliphatic heterocycles. The van der Waals surface area contributed by atoms with Crippen molar-refractivity contribution < 1.29 is 14.6 Å². The van der Waals surface area contributed by atoms with E-state index in [4.69, 9.17) is 9.84 Å². The zero-order valence-corrected chi connectivity index (χ0v) is 16.8. The van der Waals surface area contributed by atoms with E-state index in [1.165, 1.54) is 70.6 Å². The van der Waals surface area contributed by atoms with E-state index in [0.717, 1.165) is 18.6 Å². The van der Waals surface area contributed by atoms with E-state index in [1.54, 1.807) is 24.3 Å². The molecule has 0 aromatic heterocycles. The van der Waals surface area contributed by atoms with Gasteiger partial charge in [-0.2, -0.15) is 0 Å². The van der Waals surface area contributed by atoms with Crippen LogP contribution in [0.25, 0.3) is 0 Å². The highest BCUT2D eigenvalue weighted by atomic mass is 16.5. The third-order valence-corrected chi connectivity index (χ3v) is 4.99. The Balaban J connectivity index is 2.06. The number of hydrogen-bond donors (Lipinski definition) is 1. The van der Waals surface area contributed by atoms with Gasteiger partial charge in [-0.25, -0.2) is 4.79 Å². The molecule has 26 heavy (non-hydrogen) atoms. The number of rotatable bonds is 16. The van der Waals surface area contributed by atoms with Crippen LogP contribution in [0.2, 0.25) is 0 Å². The summed E-state index contributed by atoms with van der Waals surface area (Å²) >= 11 is 0. The van der Waals surface area contributed by atoms with Crippen LogP contribution in [0.5, 0.6) is 5.75 Å². The number of benzene rings is 1. The molecule has 1 atom stereocenters. The van der Waals surface area contributed by atoms with Crippen LogP contribution in [0.4, 0.5) is 0 Å². The molecule has 0 amide bonds. The molecule has 1 aromatic carbocycles. The van der Waals surface area contributed by atoms with E-state index >= 15 is 0 Å². The quantitative estimate of drug-likeness (QED) is 0.315. The fourth-order valence-corrected chi connectivity index (χ4v) is 3.25. The number of hydrogen-bond acceptors (Lipinski definition) is 2. The largest absolute Gasteiger partial charge is 0.490 e. The first-order valence-electron chi connectivity index (χ1n) is 10.7. The summed E-state index contributed by atoms with van der Waals surface area (Å²) in [5.41, 5.74) is 0.302. The molecule has 0 aliphatic rings. The van der Waals surface area contributed by atoms with Gasteiger partial charge in [0.05, 0.1) is 11.7 Å². The normalized spacial score (nSPS) is 12.1. The molecule has 0 saturated heterocycles. The monoisotopic (exact) mass is 362 g/mol. The maximum absolute atomic E-state index is 10.9. The first-order chi connectivity index (χ1) is 12.7. The zero-order valence-electron chi connectivity index (χ0n) is 16.8. The molecule has 0 saturated carbocycles. The summed E-state index contributed by atoms with van der Waals surface area (Å²) in [6.07, 6.45) is 17.2. The smallest absolute Gasteiger partial charge is 0.335 e. The van der Waals surface area contributed by atoms with Crippen LogP contribution in [0.1, 0.15) is 108 Å². The second-order valence-electron chi connectivity index (χ2n) is 7.30. The number of carboxylic acids is 1. The lowest BCUT2D eigenvalue weighted by molar-refractivity contribution is 0.0697. The molecule has 1 unspecified atom stereocenters. The number of ether oxygens (including phenoxy) is 1. The van der Waals surface area contributed by atoms with E-state index in [9.17, 15) is 4.79 Å². The summed E-state index contributed by atoms with van der Waals surface area (Å²) in [7, 11) is 0. The molecule has 1 N–H and O–H groups in total. The average molecular weight is 363 g/mol. The van der Waals surface area contributed by atoms with Crippen molar-refractivity contribution in [2.24, 2.45) is 0 Å². The lowest BCUT2D eigenvalue weighted by Crippen LogP contribution is -2.15. The summed E-state index contributed by atoms with van der Waals surface area (Å²) in [4.78, 5) is 10.9. The van der Waals surface area contributed by atoms with Gasteiger partial charge in [-0.05, 0) is 43.5 Å². The molecular weight excluding hydrogens is 324 g/mol. The van der Waals surface area contributed by atoms with Crippen LogP contribution in [0, 0.1) is 0 Å². The Kier molecular flexibility index (Phi) is 12.7. The van der Waals surface area contributed by atoms with Crippen molar-refractivity contribution in [3.63, 3.8) is 0 Å². The van der Waals surface area contributed by atoms with Gasteiger partial charge in [0.25, 0.3) is 0 Å². The zero-order chi connectivity index (χ0) is 19.0. The predicted octanol–water partition coefficient (Wildman–Crippen LogP) is 7.24. The molecule has 1 rings (SSSR count). The van der Waals surface area contributed by atoms with Gasteiger partial charge in [0.2, 0.25) is 0 Å². The van der Waals surface area contributed by atoms with Gasteiger partial charge in [-0.3, -0.25) is 0 Å². The summed E-state index contributed by atoms with van der Waals surface area (Å²) in [6, 6.07) is 6.72. The van der Waals surface area contributed by atoms with Gasteiger partial charge >= 0.3 is 5.97 Å².